The minimum atomic E-state index is -3.06. The summed E-state index contributed by atoms with van der Waals surface area (Å²) in [5.74, 6) is -1.35. The summed E-state index contributed by atoms with van der Waals surface area (Å²) < 4.78 is 24.3. The Kier molecular flexibility index (Phi) is 3.19. The highest BCUT2D eigenvalue weighted by Crippen LogP contribution is 2.28. The van der Waals surface area contributed by atoms with Gasteiger partial charge in [-0.25, -0.2) is 0 Å². The molecular formula is C11H7ClF2N2O. The van der Waals surface area contributed by atoms with Crippen molar-refractivity contribution in [1.29, 1.82) is 0 Å². The van der Waals surface area contributed by atoms with Crippen LogP contribution in [0.4, 0.5) is 14.5 Å². The van der Waals surface area contributed by atoms with Crippen molar-refractivity contribution in [3.05, 3.63) is 35.5 Å². The molecule has 0 bridgehead atoms. The van der Waals surface area contributed by atoms with Crippen molar-refractivity contribution in [3.8, 4) is 0 Å². The van der Waals surface area contributed by atoms with Crippen LogP contribution in [-0.2, 0) is 4.79 Å². The van der Waals surface area contributed by atoms with E-state index < -0.39 is 12.3 Å². The van der Waals surface area contributed by atoms with Gasteiger partial charge in [-0.15, -0.1) is 0 Å². The standard InChI is InChI=1S/C11H7ClF2N2O/c12-7-3-4-8(16-11(17)10(13)14)6-2-1-5-15-9(6)7/h1-5,10H,(H,16,17). The number of carbonyl (C=O) groups is 1. The maximum Gasteiger partial charge on any atom is 0.315 e. The van der Waals surface area contributed by atoms with Crippen LogP contribution >= 0.6 is 11.6 Å². The second kappa shape index (κ2) is 4.63. The fourth-order valence-electron chi connectivity index (χ4n) is 1.43. The first-order valence-corrected chi connectivity index (χ1v) is 5.09. The number of anilines is 1. The van der Waals surface area contributed by atoms with Crippen LogP contribution in [0.25, 0.3) is 10.9 Å². The molecule has 1 aromatic carbocycles. The van der Waals surface area contributed by atoms with Gasteiger partial charge in [0.2, 0.25) is 0 Å². The lowest BCUT2D eigenvalue weighted by molar-refractivity contribution is -0.126. The first-order chi connectivity index (χ1) is 8.09. The summed E-state index contributed by atoms with van der Waals surface area (Å²) in [6.07, 6.45) is -1.52. The molecule has 1 aromatic heterocycles. The topological polar surface area (TPSA) is 42.0 Å². The van der Waals surface area contributed by atoms with E-state index in [-0.39, 0.29) is 5.69 Å². The van der Waals surface area contributed by atoms with Crippen LogP contribution in [0.5, 0.6) is 0 Å². The number of fused-ring (bicyclic) bond motifs is 1. The van der Waals surface area contributed by atoms with E-state index in [1.165, 1.54) is 18.3 Å². The molecule has 2 aromatic rings. The van der Waals surface area contributed by atoms with Crippen molar-refractivity contribution in [2.24, 2.45) is 0 Å². The lowest BCUT2D eigenvalue weighted by Gasteiger charge is -2.08. The largest absolute Gasteiger partial charge is 0.320 e. The van der Waals surface area contributed by atoms with Crippen LogP contribution in [0.2, 0.25) is 5.02 Å². The number of nitrogens with zero attached hydrogens (tertiary/aromatic N) is 1. The Labute approximate surface area is 100 Å². The average molecular weight is 257 g/mol. The zero-order valence-corrected chi connectivity index (χ0v) is 9.21. The number of halogens is 3. The maximum atomic E-state index is 12.1. The molecule has 0 radical (unpaired) electrons. The number of nitrogens with one attached hydrogen (secondary N) is 1. The SMILES string of the molecule is O=C(Nc1ccc(Cl)c2ncccc12)C(F)F. The Hall–Kier alpha value is -1.75. The molecule has 3 nitrogen and oxygen atoms in total. The van der Waals surface area contributed by atoms with E-state index in [9.17, 15) is 13.6 Å². The first-order valence-electron chi connectivity index (χ1n) is 4.72. The molecule has 0 fully saturated rings. The number of hydrogen-bond donors (Lipinski definition) is 1. The molecule has 0 saturated heterocycles. The van der Waals surface area contributed by atoms with E-state index >= 15 is 0 Å². The molecular weight excluding hydrogens is 250 g/mol. The molecule has 0 atom stereocenters. The van der Waals surface area contributed by atoms with Crippen LogP contribution in [0.1, 0.15) is 0 Å². The van der Waals surface area contributed by atoms with E-state index in [2.05, 4.69) is 10.3 Å². The Balaban J connectivity index is 2.48. The minimum absolute atomic E-state index is 0.266. The van der Waals surface area contributed by atoms with Gasteiger partial charge in [0, 0.05) is 11.6 Å². The van der Waals surface area contributed by atoms with Gasteiger partial charge in [-0.1, -0.05) is 11.6 Å². The second-order valence-electron chi connectivity index (χ2n) is 3.28. The Bertz CT molecular complexity index is 574. The molecule has 0 aliphatic heterocycles. The second-order valence-corrected chi connectivity index (χ2v) is 3.69. The van der Waals surface area contributed by atoms with Crippen LogP contribution in [0.3, 0.4) is 0 Å². The summed E-state index contributed by atoms with van der Waals surface area (Å²) in [4.78, 5) is 14.9. The van der Waals surface area contributed by atoms with Gasteiger partial charge in [0.1, 0.15) is 0 Å². The predicted octanol–water partition coefficient (Wildman–Crippen LogP) is 3.09. The van der Waals surface area contributed by atoms with E-state index in [0.717, 1.165) is 0 Å². The molecule has 0 spiro atoms. The van der Waals surface area contributed by atoms with E-state index in [1.54, 1.807) is 12.1 Å². The average Bonchev–Trinajstić information content (AvgIpc) is 2.33. The van der Waals surface area contributed by atoms with Gasteiger partial charge >= 0.3 is 6.43 Å². The Morgan fingerprint density at radius 2 is 2.12 bits per heavy atom. The normalized spacial score (nSPS) is 10.8. The fourth-order valence-corrected chi connectivity index (χ4v) is 1.65. The van der Waals surface area contributed by atoms with Gasteiger partial charge in [-0.2, -0.15) is 8.78 Å². The Morgan fingerprint density at radius 3 is 2.82 bits per heavy atom. The third kappa shape index (κ3) is 2.34. The Morgan fingerprint density at radius 1 is 1.35 bits per heavy atom. The van der Waals surface area contributed by atoms with Gasteiger partial charge < -0.3 is 5.32 Å². The zero-order valence-electron chi connectivity index (χ0n) is 8.45. The molecule has 2 rings (SSSR count). The molecule has 1 heterocycles. The molecule has 17 heavy (non-hydrogen) atoms. The van der Waals surface area contributed by atoms with Gasteiger partial charge in [-0.05, 0) is 24.3 Å². The first kappa shape index (κ1) is 11.7. The number of amides is 1. The summed E-state index contributed by atoms with van der Waals surface area (Å²) in [6.45, 7) is 0. The van der Waals surface area contributed by atoms with Crippen LogP contribution < -0.4 is 5.32 Å². The number of hydrogen-bond acceptors (Lipinski definition) is 2. The van der Waals surface area contributed by atoms with Gasteiger partial charge in [0.25, 0.3) is 5.91 Å². The molecule has 88 valence electrons. The highest BCUT2D eigenvalue weighted by atomic mass is 35.5. The lowest BCUT2D eigenvalue weighted by Crippen LogP contribution is -2.20. The minimum Gasteiger partial charge on any atom is -0.320 e. The third-order valence-corrected chi connectivity index (χ3v) is 2.48. The van der Waals surface area contributed by atoms with Gasteiger partial charge in [0.05, 0.1) is 16.2 Å². The van der Waals surface area contributed by atoms with E-state index in [1.807, 2.05) is 0 Å². The molecule has 0 aliphatic rings. The van der Waals surface area contributed by atoms with Crippen LogP contribution in [0.15, 0.2) is 30.5 Å². The summed E-state index contributed by atoms with van der Waals surface area (Å²) in [7, 11) is 0. The smallest absolute Gasteiger partial charge is 0.315 e. The predicted molar refractivity (Wildman–Crippen MR) is 61.4 cm³/mol. The summed E-state index contributed by atoms with van der Waals surface area (Å²) in [5, 5.41) is 3.04. The summed E-state index contributed by atoms with van der Waals surface area (Å²) >= 11 is 5.90. The molecule has 0 aliphatic carbocycles. The third-order valence-electron chi connectivity index (χ3n) is 2.18. The van der Waals surface area contributed by atoms with Gasteiger partial charge in [-0.3, -0.25) is 9.78 Å². The van der Waals surface area contributed by atoms with Crippen molar-refractivity contribution >= 4 is 34.1 Å². The maximum absolute atomic E-state index is 12.1. The summed E-state index contributed by atoms with van der Waals surface area (Å²) in [6, 6.07) is 6.25. The van der Waals surface area contributed by atoms with Crippen LogP contribution in [-0.4, -0.2) is 17.3 Å². The van der Waals surface area contributed by atoms with Crippen LogP contribution in [0, 0.1) is 0 Å². The molecule has 0 saturated carbocycles. The van der Waals surface area contributed by atoms with E-state index in [0.29, 0.717) is 15.9 Å². The highest BCUT2D eigenvalue weighted by molar-refractivity contribution is 6.35. The monoisotopic (exact) mass is 256 g/mol. The molecule has 1 N–H and O–H groups in total. The number of pyridine rings is 1. The lowest BCUT2D eigenvalue weighted by atomic mass is 10.2. The summed E-state index contributed by atoms with van der Waals surface area (Å²) in [5.41, 5.74) is 0.726. The molecule has 1 amide bonds. The quantitative estimate of drug-likeness (QED) is 0.897. The van der Waals surface area contributed by atoms with Gasteiger partial charge in [0.15, 0.2) is 0 Å². The van der Waals surface area contributed by atoms with Crippen molar-refractivity contribution < 1.29 is 13.6 Å². The molecule has 0 unspecified atom stereocenters. The number of carbonyl (C=O) groups excluding carboxylic acids is 1. The number of alkyl halides is 2. The number of rotatable bonds is 2. The van der Waals surface area contributed by atoms with E-state index in [4.69, 9.17) is 11.6 Å². The van der Waals surface area contributed by atoms with Crippen molar-refractivity contribution in [3.63, 3.8) is 0 Å². The van der Waals surface area contributed by atoms with Crippen molar-refractivity contribution in [1.82, 2.24) is 4.98 Å². The zero-order chi connectivity index (χ0) is 12.4. The van der Waals surface area contributed by atoms with Crippen molar-refractivity contribution in [2.45, 2.75) is 6.43 Å². The highest BCUT2D eigenvalue weighted by Gasteiger charge is 2.16. The number of benzene rings is 1. The van der Waals surface area contributed by atoms with Crippen molar-refractivity contribution in [2.75, 3.05) is 5.32 Å². The number of aromatic nitrogens is 1. The molecule has 6 heteroatoms. The fraction of sp³-hybridized carbons (Fsp3) is 0.0909.